The van der Waals surface area contributed by atoms with Crippen molar-refractivity contribution in [1.82, 2.24) is 25.3 Å². The number of anilines is 3. The second-order valence-corrected chi connectivity index (χ2v) is 12.6. The summed E-state index contributed by atoms with van der Waals surface area (Å²) in [5, 5.41) is 24.1. The third-order valence-electron chi connectivity index (χ3n) is 8.25. The number of likely N-dealkylation sites (tertiary alicyclic amines) is 1. The Balaban J connectivity index is 0.925. The predicted octanol–water partition coefficient (Wildman–Crippen LogP) is 4.56. The van der Waals surface area contributed by atoms with E-state index in [9.17, 15) is 13.6 Å². The van der Waals surface area contributed by atoms with E-state index in [0.717, 1.165) is 68.8 Å². The summed E-state index contributed by atoms with van der Waals surface area (Å²) in [6, 6.07) is 9.42. The number of hydrogen-bond donors (Lipinski definition) is 2. The Bertz CT molecular complexity index is 1350. The van der Waals surface area contributed by atoms with Gasteiger partial charge in [0.1, 0.15) is 5.75 Å². The summed E-state index contributed by atoms with van der Waals surface area (Å²) in [7, 11) is 0. The van der Waals surface area contributed by atoms with Crippen molar-refractivity contribution in [2.75, 3.05) is 41.7 Å². The molecule has 3 aliphatic rings. The summed E-state index contributed by atoms with van der Waals surface area (Å²) in [4.78, 5) is 17.3. The minimum absolute atomic E-state index is 0.0246. The molecule has 3 fully saturated rings. The van der Waals surface area contributed by atoms with Crippen LogP contribution in [0.25, 0.3) is 0 Å². The van der Waals surface area contributed by atoms with Crippen LogP contribution in [0, 0.1) is 18.3 Å². The second kappa shape index (κ2) is 11.8. The lowest BCUT2D eigenvalue weighted by molar-refractivity contribution is -0.118. The van der Waals surface area contributed by atoms with E-state index in [1.807, 2.05) is 25.1 Å². The van der Waals surface area contributed by atoms with E-state index < -0.39 is 6.61 Å². The van der Waals surface area contributed by atoms with Crippen LogP contribution in [-0.2, 0) is 11.3 Å². The molecule has 2 saturated heterocycles. The fourth-order valence-electron chi connectivity index (χ4n) is 6.64. The third kappa shape index (κ3) is 6.89. The summed E-state index contributed by atoms with van der Waals surface area (Å²) in [5.74, 6) is 1.41. The van der Waals surface area contributed by atoms with E-state index in [0.29, 0.717) is 29.1 Å². The number of nitrogens with one attached hydrogen (secondary N) is 2. The zero-order valence-corrected chi connectivity index (χ0v) is 23.7. The van der Waals surface area contributed by atoms with Crippen LogP contribution < -0.4 is 20.3 Å². The number of rotatable bonds is 10. The summed E-state index contributed by atoms with van der Waals surface area (Å²) >= 11 is 1.35. The summed E-state index contributed by atoms with van der Waals surface area (Å²) in [6.07, 6.45) is 6.25. The lowest BCUT2D eigenvalue weighted by Crippen LogP contribution is -2.41. The Kier molecular flexibility index (Phi) is 7.98. The Morgan fingerprint density at radius 2 is 2.05 bits per heavy atom. The average Bonchev–Trinajstić information content (AvgIpc) is 3.65. The highest BCUT2D eigenvalue weighted by Gasteiger charge is 2.48. The average molecular weight is 585 g/mol. The standard InChI is InChI=1S/C28H34F2N8O2S/c1-18-9-19(11-22(10-18)40-25(29)30)15-37-8-5-28(17-37)13-20(14-28)12-24(39)33-27-36-35-26(41-27)32-21-4-7-38(16-21)23-3-2-6-31-34-23/h2-3,6,9-11,20-21,25H,4-5,7-8,12-17H2,1H3,(H,32,35)(H,33,36,39)/t20?,21-,28?/m1/s1. The Hall–Kier alpha value is -3.45. The van der Waals surface area contributed by atoms with Crippen molar-refractivity contribution < 1.29 is 18.3 Å². The van der Waals surface area contributed by atoms with Gasteiger partial charge in [-0.2, -0.15) is 13.9 Å². The zero-order valence-electron chi connectivity index (χ0n) is 22.9. The number of halogens is 2. The lowest BCUT2D eigenvalue weighted by atomic mass is 9.60. The van der Waals surface area contributed by atoms with Crippen molar-refractivity contribution in [3.05, 3.63) is 47.7 Å². The SMILES string of the molecule is Cc1cc(CN2CCC3(CC(CC(=O)Nc4nnc(N[C@@H]5CCN(c6cccnn6)C5)s4)C3)C2)cc(OC(F)F)c1. The highest BCUT2D eigenvalue weighted by Crippen LogP contribution is 2.53. The predicted molar refractivity (Wildman–Crippen MR) is 152 cm³/mol. The molecule has 13 heteroatoms. The highest BCUT2D eigenvalue weighted by atomic mass is 32.1. The van der Waals surface area contributed by atoms with Crippen LogP contribution in [0.15, 0.2) is 36.5 Å². The van der Waals surface area contributed by atoms with Gasteiger partial charge in [0.25, 0.3) is 0 Å². The maximum Gasteiger partial charge on any atom is 0.387 e. The van der Waals surface area contributed by atoms with Gasteiger partial charge in [0.15, 0.2) is 5.82 Å². The highest BCUT2D eigenvalue weighted by molar-refractivity contribution is 7.19. The van der Waals surface area contributed by atoms with Gasteiger partial charge in [-0.15, -0.1) is 15.3 Å². The molecule has 0 unspecified atom stereocenters. The smallest absolute Gasteiger partial charge is 0.387 e. The maximum atomic E-state index is 12.7. The molecule has 2 N–H and O–H groups in total. The monoisotopic (exact) mass is 584 g/mol. The topological polar surface area (TPSA) is 108 Å². The molecular formula is C28H34F2N8O2S. The maximum absolute atomic E-state index is 12.7. The molecule has 2 aliphatic heterocycles. The van der Waals surface area contributed by atoms with Crippen LogP contribution in [-0.4, -0.2) is 70.0 Å². The fourth-order valence-corrected chi connectivity index (χ4v) is 7.37. The van der Waals surface area contributed by atoms with Gasteiger partial charge in [-0.3, -0.25) is 9.69 Å². The molecule has 1 amide bonds. The van der Waals surface area contributed by atoms with Gasteiger partial charge in [0.2, 0.25) is 16.2 Å². The molecule has 4 heterocycles. The van der Waals surface area contributed by atoms with E-state index in [2.05, 4.69) is 45.6 Å². The number of hydrogen-bond acceptors (Lipinski definition) is 10. The van der Waals surface area contributed by atoms with Gasteiger partial charge in [0, 0.05) is 44.8 Å². The summed E-state index contributed by atoms with van der Waals surface area (Å²) in [6.45, 7) is 3.40. The van der Waals surface area contributed by atoms with Crippen LogP contribution in [0.3, 0.4) is 0 Å². The molecule has 41 heavy (non-hydrogen) atoms. The Morgan fingerprint density at radius 1 is 1.20 bits per heavy atom. The van der Waals surface area contributed by atoms with Crippen molar-refractivity contribution in [3.8, 4) is 5.75 Å². The number of ether oxygens (including phenoxy) is 1. The van der Waals surface area contributed by atoms with Crippen LogP contribution in [0.1, 0.15) is 43.2 Å². The van der Waals surface area contributed by atoms with Crippen molar-refractivity contribution in [2.24, 2.45) is 11.3 Å². The van der Waals surface area contributed by atoms with E-state index in [4.69, 9.17) is 0 Å². The largest absolute Gasteiger partial charge is 0.435 e. The molecule has 1 aromatic carbocycles. The summed E-state index contributed by atoms with van der Waals surface area (Å²) < 4.78 is 29.9. The van der Waals surface area contributed by atoms with Crippen LogP contribution in [0.4, 0.5) is 24.9 Å². The number of aryl methyl sites for hydroxylation is 1. The van der Waals surface area contributed by atoms with Crippen molar-refractivity contribution in [3.63, 3.8) is 0 Å². The summed E-state index contributed by atoms with van der Waals surface area (Å²) in [5.41, 5.74) is 2.13. The molecule has 0 radical (unpaired) electrons. The van der Waals surface area contributed by atoms with E-state index >= 15 is 0 Å². The minimum atomic E-state index is -2.82. The molecule has 1 spiro atoms. The van der Waals surface area contributed by atoms with Gasteiger partial charge in [0.05, 0.1) is 0 Å². The van der Waals surface area contributed by atoms with Gasteiger partial charge >= 0.3 is 6.61 Å². The Labute approximate surface area is 241 Å². The van der Waals surface area contributed by atoms with Gasteiger partial charge in [-0.05, 0) is 85.9 Å². The molecule has 10 nitrogen and oxygen atoms in total. The Morgan fingerprint density at radius 3 is 2.85 bits per heavy atom. The van der Waals surface area contributed by atoms with E-state index in [1.165, 1.54) is 11.3 Å². The molecule has 2 aromatic heterocycles. The van der Waals surface area contributed by atoms with Gasteiger partial charge < -0.3 is 20.3 Å². The first-order chi connectivity index (χ1) is 19.8. The molecule has 0 bridgehead atoms. The number of alkyl halides is 2. The first-order valence-electron chi connectivity index (χ1n) is 14.0. The minimum Gasteiger partial charge on any atom is -0.435 e. The third-order valence-corrected chi connectivity index (χ3v) is 9.02. The molecule has 6 rings (SSSR count). The van der Waals surface area contributed by atoms with Crippen molar-refractivity contribution in [1.29, 1.82) is 0 Å². The van der Waals surface area contributed by atoms with Crippen LogP contribution >= 0.6 is 11.3 Å². The van der Waals surface area contributed by atoms with E-state index in [1.54, 1.807) is 18.3 Å². The molecule has 1 aliphatic carbocycles. The van der Waals surface area contributed by atoms with E-state index in [-0.39, 0.29) is 23.1 Å². The van der Waals surface area contributed by atoms with Gasteiger partial charge in [-0.25, -0.2) is 0 Å². The molecular weight excluding hydrogens is 550 g/mol. The first kappa shape index (κ1) is 27.7. The lowest BCUT2D eigenvalue weighted by Gasteiger charge is -2.45. The zero-order chi connectivity index (χ0) is 28.4. The van der Waals surface area contributed by atoms with Crippen molar-refractivity contribution >= 4 is 33.3 Å². The van der Waals surface area contributed by atoms with Crippen LogP contribution in [0.2, 0.25) is 0 Å². The number of benzene rings is 1. The number of carbonyl (C=O) groups excluding carboxylic acids is 1. The molecule has 218 valence electrons. The van der Waals surface area contributed by atoms with Crippen LogP contribution in [0.5, 0.6) is 5.75 Å². The second-order valence-electron chi connectivity index (χ2n) is 11.6. The normalized spacial score (nSPS) is 24.1. The molecule has 1 atom stereocenters. The number of nitrogens with zero attached hydrogens (tertiary/aromatic N) is 6. The van der Waals surface area contributed by atoms with Gasteiger partial charge in [-0.1, -0.05) is 17.4 Å². The molecule has 3 aromatic rings. The molecule has 1 saturated carbocycles. The first-order valence-corrected chi connectivity index (χ1v) is 14.8. The van der Waals surface area contributed by atoms with Crippen molar-refractivity contribution in [2.45, 2.75) is 58.2 Å². The quantitative estimate of drug-likeness (QED) is 0.355. The fraction of sp³-hybridized carbons (Fsp3) is 0.536. The number of aromatic nitrogens is 4. The number of carbonyl (C=O) groups is 1. The number of amides is 1.